The molecule has 0 radical (unpaired) electrons. The van der Waals surface area contributed by atoms with Crippen molar-refractivity contribution >= 4 is 46.7 Å². The predicted octanol–water partition coefficient (Wildman–Crippen LogP) is 3.43. The Hall–Kier alpha value is -3.80. The maximum atomic E-state index is 11.8. The minimum Gasteiger partial charge on any atom is -0.487 e. The van der Waals surface area contributed by atoms with Crippen molar-refractivity contribution < 1.29 is 14.3 Å². The van der Waals surface area contributed by atoms with Gasteiger partial charge in [-0.3, -0.25) is 14.7 Å². The molecule has 1 saturated heterocycles. The summed E-state index contributed by atoms with van der Waals surface area (Å²) in [5.74, 6) is 2.29. The minimum atomic E-state index is -0.121. The molecular formula is C24H30N8O3S. The third kappa shape index (κ3) is 6.25. The number of hydrogen-bond acceptors (Lipinski definition) is 9. The van der Waals surface area contributed by atoms with Crippen LogP contribution in [0.25, 0.3) is 0 Å². The van der Waals surface area contributed by atoms with E-state index < -0.39 is 0 Å². The number of aryl methyl sites for hydroxylation is 1. The second-order valence-corrected chi connectivity index (χ2v) is 9.34. The average molecular weight is 511 g/mol. The van der Waals surface area contributed by atoms with Gasteiger partial charge in [0.2, 0.25) is 17.6 Å². The van der Waals surface area contributed by atoms with Crippen LogP contribution in [-0.2, 0) is 9.59 Å². The molecule has 2 amide bonds. The topological polar surface area (TPSA) is 128 Å². The summed E-state index contributed by atoms with van der Waals surface area (Å²) >= 11 is 1.41. The molecule has 3 N–H and O–H groups in total. The first kappa shape index (κ1) is 25.3. The molecule has 2 aromatic heterocycles. The summed E-state index contributed by atoms with van der Waals surface area (Å²) in [4.78, 5) is 37.6. The number of piperazine rings is 1. The second-order valence-electron chi connectivity index (χ2n) is 8.30. The molecule has 0 saturated carbocycles. The Bertz CT molecular complexity index is 1220. The van der Waals surface area contributed by atoms with E-state index in [4.69, 9.17) is 14.7 Å². The quantitative estimate of drug-likeness (QED) is 0.390. The molecule has 4 rings (SSSR count). The second kappa shape index (κ2) is 11.3. The normalized spacial score (nSPS) is 13.4. The minimum absolute atomic E-state index is 0.0672. The molecule has 36 heavy (non-hydrogen) atoms. The fourth-order valence-electron chi connectivity index (χ4n) is 3.79. The van der Waals surface area contributed by atoms with Crippen LogP contribution >= 0.6 is 11.8 Å². The van der Waals surface area contributed by atoms with Gasteiger partial charge in [-0.1, -0.05) is 0 Å². The molecule has 1 fully saturated rings. The van der Waals surface area contributed by atoms with Gasteiger partial charge in [0.05, 0.1) is 6.61 Å². The van der Waals surface area contributed by atoms with Crippen molar-refractivity contribution in [2.45, 2.75) is 37.7 Å². The van der Waals surface area contributed by atoms with Gasteiger partial charge in [0.25, 0.3) is 0 Å². The van der Waals surface area contributed by atoms with E-state index in [-0.39, 0.29) is 11.8 Å². The molecule has 0 bridgehead atoms. The maximum Gasteiger partial charge on any atom is 0.221 e. The van der Waals surface area contributed by atoms with E-state index in [9.17, 15) is 9.59 Å². The zero-order valence-corrected chi connectivity index (χ0v) is 21.6. The van der Waals surface area contributed by atoms with E-state index in [1.165, 1.54) is 18.7 Å². The lowest BCUT2D eigenvalue weighted by Gasteiger charge is -2.35. The smallest absolute Gasteiger partial charge is 0.221 e. The van der Waals surface area contributed by atoms with E-state index in [1.54, 1.807) is 6.92 Å². The standard InChI is InChI=1S/C24H30N8O3S/c1-5-35-21-22(26-20-14-15(2)29-30-20)27-24(36-19-8-6-18(7-9-19)25-16(3)33)28-23(21)32-12-10-31(11-13-32)17(4)34/h6-9,14H,5,10-13H2,1-4H3,(H,25,33)(H2,26,27,28,29,30). The maximum absolute atomic E-state index is 11.8. The number of aromatic nitrogens is 4. The Morgan fingerprint density at radius 3 is 2.42 bits per heavy atom. The highest BCUT2D eigenvalue weighted by molar-refractivity contribution is 7.99. The van der Waals surface area contributed by atoms with Crippen LogP contribution in [0.2, 0.25) is 0 Å². The summed E-state index contributed by atoms with van der Waals surface area (Å²) < 4.78 is 6.04. The van der Waals surface area contributed by atoms with Crippen molar-refractivity contribution in [3.05, 3.63) is 36.0 Å². The summed E-state index contributed by atoms with van der Waals surface area (Å²) in [7, 11) is 0. The molecule has 1 aliphatic heterocycles. The zero-order valence-electron chi connectivity index (χ0n) is 20.8. The zero-order chi connectivity index (χ0) is 25.7. The van der Waals surface area contributed by atoms with Crippen LogP contribution in [0.15, 0.2) is 40.4 Å². The summed E-state index contributed by atoms with van der Waals surface area (Å²) in [5.41, 5.74) is 1.64. The van der Waals surface area contributed by atoms with Gasteiger partial charge >= 0.3 is 0 Å². The van der Waals surface area contributed by atoms with Crippen molar-refractivity contribution in [1.82, 2.24) is 25.1 Å². The lowest BCUT2D eigenvalue weighted by Crippen LogP contribution is -2.48. The Morgan fingerprint density at radius 2 is 1.83 bits per heavy atom. The van der Waals surface area contributed by atoms with Crippen LogP contribution < -0.4 is 20.3 Å². The van der Waals surface area contributed by atoms with Crippen molar-refractivity contribution in [3.63, 3.8) is 0 Å². The monoisotopic (exact) mass is 510 g/mol. The molecule has 11 nitrogen and oxygen atoms in total. The molecule has 0 aliphatic carbocycles. The number of anilines is 4. The Labute approximate surface area is 214 Å². The summed E-state index contributed by atoms with van der Waals surface area (Å²) in [6, 6.07) is 9.38. The van der Waals surface area contributed by atoms with Crippen molar-refractivity contribution in [1.29, 1.82) is 0 Å². The summed E-state index contributed by atoms with van der Waals surface area (Å²) in [6.45, 7) is 9.83. The number of benzene rings is 1. The van der Waals surface area contributed by atoms with Crippen molar-refractivity contribution in [3.8, 4) is 5.75 Å². The molecule has 12 heteroatoms. The van der Waals surface area contributed by atoms with Gasteiger partial charge in [0.15, 0.2) is 22.6 Å². The first-order valence-electron chi connectivity index (χ1n) is 11.7. The number of ether oxygens (including phenoxy) is 1. The molecule has 0 atom stereocenters. The number of carbonyl (C=O) groups is 2. The number of hydrogen-bond donors (Lipinski definition) is 3. The van der Waals surface area contributed by atoms with Crippen molar-refractivity contribution in [2.75, 3.05) is 48.3 Å². The Kier molecular flexibility index (Phi) is 7.93. The molecule has 3 aromatic rings. The van der Waals surface area contributed by atoms with E-state index in [0.717, 1.165) is 16.3 Å². The fraction of sp³-hybridized carbons (Fsp3) is 0.375. The average Bonchev–Trinajstić information content (AvgIpc) is 3.26. The van der Waals surface area contributed by atoms with E-state index in [2.05, 4.69) is 25.7 Å². The molecule has 0 unspecified atom stereocenters. The molecule has 190 valence electrons. The first-order chi connectivity index (χ1) is 17.3. The molecule has 3 heterocycles. The highest BCUT2D eigenvalue weighted by Crippen LogP contribution is 2.38. The highest BCUT2D eigenvalue weighted by atomic mass is 32.2. The van der Waals surface area contributed by atoms with Crippen LogP contribution in [0.4, 0.5) is 23.1 Å². The molecule has 1 aliphatic rings. The molecular weight excluding hydrogens is 480 g/mol. The van der Waals surface area contributed by atoms with Gasteiger partial charge < -0.3 is 25.2 Å². The predicted molar refractivity (Wildman–Crippen MR) is 139 cm³/mol. The number of carbonyl (C=O) groups excluding carboxylic acids is 2. The van der Waals surface area contributed by atoms with E-state index >= 15 is 0 Å². The number of rotatable bonds is 8. The summed E-state index contributed by atoms with van der Waals surface area (Å²) in [6.07, 6.45) is 0. The number of H-pyrrole nitrogens is 1. The van der Waals surface area contributed by atoms with Crippen molar-refractivity contribution in [2.24, 2.45) is 0 Å². The van der Waals surface area contributed by atoms with E-state index in [0.29, 0.717) is 61.1 Å². The summed E-state index contributed by atoms with van der Waals surface area (Å²) in [5, 5.41) is 13.8. The van der Waals surface area contributed by atoms with Gasteiger partial charge in [0.1, 0.15) is 0 Å². The van der Waals surface area contributed by atoms with Gasteiger partial charge in [-0.25, -0.2) is 9.97 Å². The van der Waals surface area contributed by atoms with Crippen LogP contribution in [0.1, 0.15) is 26.5 Å². The van der Waals surface area contributed by atoms with Crippen LogP contribution in [0, 0.1) is 6.92 Å². The highest BCUT2D eigenvalue weighted by Gasteiger charge is 2.26. The van der Waals surface area contributed by atoms with Gasteiger partial charge in [-0.2, -0.15) is 5.10 Å². The van der Waals surface area contributed by atoms with Gasteiger partial charge in [-0.15, -0.1) is 0 Å². The third-order valence-corrected chi connectivity index (χ3v) is 6.35. The van der Waals surface area contributed by atoms with Crippen LogP contribution in [-0.4, -0.2) is 69.7 Å². The first-order valence-corrected chi connectivity index (χ1v) is 12.5. The lowest BCUT2D eigenvalue weighted by molar-refractivity contribution is -0.129. The number of aromatic amines is 1. The van der Waals surface area contributed by atoms with Crippen LogP contribution in [0.5, 0.6) is 5.75 Å². The fourth-order valence-corrected chi connectivity index (χ4v) is 4.54. The SMILES string of the molecule is CCOc1c(Nc2cc(C)[nH]n2)nc(Sc2ccc(NC(C)=O)cc2)nc1N1CCN(C(C)=O)CC1. The Morgan fingerprint density at radius 1 is 1.11 bits per heavy atom. The third-order valence-electron chi connectivity index (χ3n) is 5.48. The van der Waals surface area contributed by atoms with E-state index in [1.807, 2.05) is 49.1 Å². The van der Waals surface area contributed by atoms with Gasteiger partial charge in [0, 0.05) is 62.4 Å². The number of nitrogens with one attached hydrogen (secondary N) is 3. The molecule has 0 spiro atoms. The van der Waals surface area contributed by atoms with Crippen LogP contribution in [0.3, 0.4) is 0 Å². The Balaban J connectivity index is 1.68. The number of nitrogens with zero attached hydrogens (tertiary/aromatic N) is 5. The largest absolute Gasteiger partial charge is 0.487 e. The molecule has 1 aromatic carbocycles. The van der Waals surface area contributed by atoms with Gasteiger partial charge in [-0.05, 0) is 49.9 Å². The lowest BCUT2D eigenvalue weighted by atomic mass is 10.3. The number of amides is 2.